The molecular formula is C19H21N3O3. The van der Waals surface area contributed by atoms with Crippen molar-refractivity contribution in [2.24, 2.45) is 0 Å². The van der Waals surface area contributed by atoms with Gasteiger partial charge in [0.25, 0.3) is 0 Å². The summed E-state index contributed by atoms with van der Waals surface area (Å²) in [6.07, 6.45) is 0.291. The van der Waals surface area contributed by atoms with E-state index in [1.807, 2.05) is 31.2 Å². The van der Waals surface area contributed by atoms with Crippen molar-refractivity contribution in [2.75, 3.05) is 23.9 Å². The van der Waals surface area contributed by atoms with Crippen LogP contribution < -0.4 is 20.3 Å². The number of benzene rings is 2. The molecule has 1 saturated heterocycles. The van der Waals surface area contributed by atoms with Crippen LogP contribution in [-0.2, 0) is 4.79 Å². The average molecular weight is 339 g/mol. The van der Waals surface area contributed by atoms with E-state index in [0.717, 1.165) is 11.3 Å². The van der Waals surface area contributed by atoms with Crippen molar-refractivity contribution in [3.63, 3.8) is 0 Å². The molecule has 1 aliphatic heterocycles. The van der Waals surface area contributed by atoms with Crippen molar-refractivity contribution < 1.29 is 14.3 Å². The van der Waals surface area contributed by atoms with Crippen LogP contribution in [0.25, 0.3) is 0 Å². The second-order valence-electron chi connectivity index (χ2n) is 6.07. The van der Waals surface area contributed by atoms with Gasteiger partial charge in [0.2, 0.25) is 5.91 Å². The lowest BCUT2D eigenvalue weighted by molar-refractivity contribution is -0.117. The molecule has 6 heteroatoms. The lowest BCUT2D eigenvalue weighted by Gasteiger charge is -2.17. The average Bonchev–Trinajstić information content (AvgIpc) is 2.95. The Morgan fingerprint density at radius 2 is 1.96 bits per heavy atom. The van der Waals surface area contributed by atoms with Gasteiger partial charge < -0.3 is 20.3 Å². The number of carbonyl (C=O) groups is 2. The van der Waals surface area contributed by atoms with Crippen LogP contribution in [0.1, 0.15) is 12.0 Å². The minimum atomic E-state index is -0.336. The van der Waals surface area contributed by atoms with E-state index in [-0.39, 0.29) is 18.0 Å². The van der Waals surface area contributed by atoms with E-state index in [2.05, 4.69) is 10.6 Å². The fourth-order valence-corrected chi connectivity index (χ4v) is 2.83. The molecule has 0 bridgehead atoms. The fraction of sp³-hybridized carbons (Fsp3) is 0.263. The standard InChI is InChI=1S/C19H21N3O3/c1-13-6-8-16(9-7-13)22-12-15(11-18(22)23)21-19(24)20-14-4-3-5-17(10-14)25-2/h3-10,15H,11-12H2,1-2H3,(H2,20,21,24)/t15-/m1/s1. The number of hydrogen-bond donors (Lipinski definition) is 2. The molecule has 3 rings (SSSR count). The Kier molecular flexibility index (Phi) is 4.88. The maximum absolute atomic E-state index is 12.2. The Bertz CT molecular complexity index is 774. The van der Waals surface area contributed by atoms with E-state index in [4.69, 9.17) is 4.74 Å². The number of anilines is 2. The minimum Gasteiger partial charge on any atom is -0.497 e. The Morgan fingerprint density at radius 1 is 1.20 bits per heavy atom. The van der Waals surface area contributed by atoms with Crippen LogP contribution in [0.2, 0.25) is 0 Å². The summed E-state index contributed by atoms with van der Waals surface area (Å²) < 4.78 is 5.13. The van der Waals surface area contributed by atoms with Gasteiger partial charge >= 0.3 is 6.03 Å². The summed E-state index contributed by atoms with van der Waals surface area (Å²) >= 11 is 0. The Morgan fingerprint density at radius 3 is 2.68 bits per heavy atom. The number of amides is 3. The van der Waals surface area contributed by atoms with Crippen LogP contribution in [0, 0.1) is 6.92 Å². The lowest BCUT2D eigenvalue weighted by Crippen LogP contribution is -2.39. The number of carbonyl (C=O) groups excluding carboxylic acids is 2. The zero-order valence-corrected chi connectivity index (χ0v) is 14.3. The SMILES string of the molecule is COc1cccc(NC(=O)N[C@@H]2CC(=O)N(c3ccc(C)cc3)C2)c1. The molecule has 0 spiro atoms. The smallest absolute Gasteiger partial charge is 0.319 e. The maximum atomic E-state index is 12.2. The summed E-state index contributed by atoms with van der Waals surface area (Å²) in [4.78, 5) is 26.1. The number of rotatable bonds is 4. The van der Waals surface area contributed by atoms with Crippen LogP contribution in [-0.4, -0.2) is 31.6 Å². The first-order chi connectivity index (χ1) is 12.0. The molecule has 0 saturated carbocycles. The highest BCUT2D eigenvalue weighted by atomic mass is 16.5. The number of methoxy groups -OCH3 is 1. The van der Waals surface area contributed by atoms with Crippen molar-refractivity contribution in [1.82, 2.24) is 5.32 Å². The van der Waals surface area contributed by atoms with Gasteiger partial charge in [0, 0.05) is 30.4 Å². The highest BCUT2D eigenvalue weighted by molar-refractivity contribution is 5.97. The molecule has 2 N–H and O–H groups in total. The number of nitrogens with one attached hydrogen (secondary N) is 2. The third-order valence-electron chi connectivity index (χ3n) is 4.13. The summed E-state index contributed by atoms with van der Waals surface area (Å²) in [6, 6.07) is 14.3. The molecule has 2 aromatic rings. The van der Waals surface area contributed by atoms with Crippen molar-refractivity contribution >= 4 is 23.3 Å². The zero-order chi connectivity index (χ0) is 17.8. The topological polar surface area (TPSA) is 70.7 Å². The Hall–Kier alpha value is -3.02. The molecule has 1 heterocycles. The molecule has 0 radical (unpaired) electrons. The normalized spacial score (nSPS) is 16.6. The second kappa shape index (κ2) is 7.25. The highest BCUT2D eigenvalue weighted by Crippen LogP contribution is 2.22. The number of nitrogens with zero attached hydrogens (tertiary/aromatic N) is 1. The fourth-order valence-electron chi connectivity index (χ4n) is 2.83. The van der Waals surface area contributed by atoms with Crippen LogP contribution >= 0.6 is 0 Å². The molecule has 1 aliphatic rings. The molecule has 1 atom stereocenters. The highest BCUT2D eigenvalue weighted by Gasteiger charge is 2.31. The van der Waals surface area contributed by atoms with Crippen molar-refractivity contribution in [1.29, 1.82) is 0 Å². The van der Waals surface area contributed by atoms with Gasteiger partial charge in [0.1, 0.15) is 5.75 Å². The second-order valence-corrected chi connectivity index (χ2v) is 6.07. The third kappa shape index (κ3) is 4.09. The predicted molar refractivity (Wildman–Crippen MR) is 97.1 cm³/mol. The molecule has 130 valence electrons. The third-order valence-corrected chi connectivity index (χ3v) is 4.13. The van der Waals surface area contributed by atoms with Gasteiger partial charge in [0.05, 0.1) is 13.2 Å². The molecule has 1 fully saturated rings. The van der Waals surface area contributed by atoms with E-state index in [9.17, 15) is 9.59 Å². The van der Waals surface area contributed by atoms with E-state index in [1.165, 1.54) is 0 Å². The first-order valence-corrected chi connectivity index (χ1v) is 8.14. The number of aryl methyl sites for hydroxylation is 1. The summed E-state index contributed by atoms with van der Waals surface area (Å²) in [5, 5.41) is 5.61. The molecule has 6 nitrogen and oxygen atoms in total. The van der Waals surface area contributed by atoms with Gasteiger partial charge in [-0.15, -0.1) is 0 Å². The van der Waals surface area contributed by atoms with E-state index in [1.54, 1.807) is 36.3 Å². The molecule has 0 unspecified atom stereocenters. The van der Waals surface area contributed by atoms with E-state index in [0.29, 0.717) is 24.4 Å². The molecule has 2 aromatic carbocycles. The Balaban J connectivity index is 1.59. The molecule has 25 heavy (non-hydrogen) atoms. The summed E-state index contributed by atoms with van der Waals surface area (Å²) in [5.74, 6) is 0.676. The van der Waals surface area contributed by atoms with Crippen LogP contribution in [0.5, 0.6) is 5.75 Å². The van der Waals surface area contributed by atoms with Crippen LogP contribution in [0.3, 0.4) is 0 Å². The monoisotopic (exact) mass is 339 g/mol. The summed E-state index contributed by atoms with van der Waals surface area (Å²) in [7, 11) is 1.57. The zero-order valence-electron chi connectivity index (χ0n) is 14.3. The number of hydrogen-bond acceptors (Lipinski definition) is 3. The first kappa shape index (κ1) is 16.8. The first-order valence-electron chi connectivity index (χ1n) is 8.14. The van der Waals surface area contributed by atoms with Gasteiger partial charge in [-0.1, -0.05) is 23.8 Å². The van der Waals surface area contributed by atoms with E-state index >= 15 is 0 Å². The molecule has 0 aliphatic carbocycles. The van der Waals surface area contributed by atoms with Gasteiger partial charge in [-0.25, -0.2) is 4.79 Å². The Labute approximate surface area is 146 Å². The van der Waals surface area contributed by atoms with E-state index < -0.39 is 0 Å². The van der Waals surface area contributed by atoms with Crippen LogP contribution in [0.15, 0.2) is 48.5 Å². The molecule has 3 amide bonds. The maximum Gasteiger partial charge on any atom is 0.319 e. The van der Waals surface area contributed by atoms with Gasteiger partial charge in [-0.2, -0.15) is 0 Å². The van der Waals surface area contributed by atoms with Gasteiger partial charge in [-0.05, 0) is 31.2 Å². The van der Waals surface area contributed by atoms with Gasteiger partial charge in [0.15, 0.2) is 0 Å². The number of urea groups is 1. The minimum absolute atomic E-state index is 0.00975. The molecule has 0 aromatic heterocycles. The quantitative estimate of drug-likeness (QED) is 0.900. The van der Waals surface area contributed by atoms with Crippen molar-refractivity contribution in [3.05, 3.63) is 54.1 Å². The molecular weight excluding hydrogens is 318 g/mol. The summed E-state index contributed by atoms with van der Waals surface area (Å²) in [5.41, 5.74) is 2.63. The van der Waals surface area contributed by atoms with Crippen LogP contribution in [0.4, 0.5) is 16.2 Å². The lowest BCUT2D eigenvalue weighted by atomic mass is 10.2. The predicted octanol–water partition coefficient (Wildman–Crippen LogP) is 2.93. The summed E-state index contributed by atoms with van der Waals surface area (Å²) in [6.45, 7) is 2.47. The van der Waals surface area contributed by atoms with Crippen molar-refractivity contribution in [3.8, 4) is 5.75 Å². The van der Waals surface area contributed by atoms with Gasteiger partial charge in [-0.3, -0.25) is 4.79 Å². The largest absolute Gasteiger partial charge is 0.497 e. The van der Waals surface area contributed by atoms with Crippen molar-refractivity contribution in [2.45, 2.75) is 19.4 Å². The number of ether oxygens (including phenoxy) is 1.